The highest BCUT2D eigenvalue weighted by molar-refractivity contribution is 6.08. The largest absolute Gasteiger partial charge is 0.494 e. The van der Waals surface area contributed by atoms with Crippen molar-refractivity contribution in [1.82, 2.24) is 43.6 Å². The molecule has 0 unspecified atom stereocenters. The van der Waals surface area contributed by atoms with Crippen LogP contribution in [0.1, 0.15) is 86.2 Å². The van der Waals surface area contributed by atoms with Crippen LogP contribution in [-0.4, -0.2) is 114 Å². The molecule has 0 aliphatic carbocycles. The molecule has 2 aliphatic heterocycles. The number of benzene rings is 2. The number of primary amides is 2. The number of carbonyl (C=O) groups is 4. The second kappa shape index (κ2) is 18.7. The minimum atomic E-state index is -0.675. The Morgan fingerprint density at radius 1 is 0.818 bits per heavy atom. The van der Waals surface area contributed by atoms with Gasteiger partial charge in [-0.2, -0.15) is 10.2 Å². The molecular weight excluding hydrogens is 847 g/mol. The van der Waals surface area contributed by atoms with Crippen molar-refractivity contribution in [3.63, 3.8) is 0 Å². The van der Waals surface area contributed by atoms with Crippen LogP contribution in [0.4, 0.5) is 23.3 Å². The lowest BCUT2D eigenvalue weighted by Gasteiger charge is -2.33. The van der Waals surface area contributed by atoms with E-state index in [1.807, 2.05) is 37.5 Å². The van der Waals surface area contributed by atoms with Crippen LogP contribution in [0, 0.1) is 19.3 Å². The Hall–Kier alpha value is -7.26. The quantitative estimate of drug-likeness (QED) is 0.0710. The number of allylic oxidation sites excluding steroid dienone is 2. The molecule has 0 saturated carbocycles. The number of aromatic nitrogens is 8. The van der Waals surface area contributed by atoms with Gasteiger partial charge in [0.05, 0.1) is 46.4 Å². The van der Waals surface area contributed by atoms with Gasteiger partial charge < -0.3 is 46.0 Å². The van der Waals surface area contributed by atoms with Crippen LogP contribution in [0.5, 0.6) is 5.75 Å². The zero-order chi connectivity index (χ0) is 46.9. The van der Waals surface area contributed by atoms with E-state index in [2.05, 4.69) is 31.0 Å². The number of ether oxygens (including phenoxy) is 2. The predicted molar refractivity (Wildman–Crippen MR) is 250 cm³/mol. The van der Waals surface area contributed by atoms with Crippen molar-refractivity contribution in [1.29, 1.82) is 0 Å². The van der Waals surface area contributed by atoms with Gasteiger partial charge in [0.15, 0.2) is 0 Å². The van der Waals surface area contributed by atoms with Crippen molar-refractivity contribution in [2.75, 3.05) is 68.2 Å². The molecule has 6 heterocycles. The maximum Gasteiger partial charge on any atom is 0.278 e. The highest BCUT2D eigenvalue weighted by Gasteiger charge is 2.39. The Morgan fingerprint density at radius 2 is 1.44 bits per heavy atom. The zero-order valence-electron chi connectivity index (χ0n) is 37.9. The van der Waals surface area contributed by atoms with Crippen molar-refractivity contribution in [2.24, 2.45) is 16.9 Å². The van der Waals surface area contributed by atoms with Gasteiger partial charge in [0.25, 0.3) is 11.8 Å². The monoisotopic (exact) mass is 903 g/mol. The summed E-state index contributed by atoms with van der Waals surface area (Å²) in [6.45, 7) is 13.5. The van der Waals surface area contributed by atoms with Crippen molar-refractivity contribution in [3.8, 4) is 5.75 Å². The molecule has 2 aromatic carbocycles. The number of hydrogen-bond donors (Lipinski definition) is 6. The molecule has 0 bridgehead atoms. The molecule has 2 saturated heterocycles. The van der Waals surface area contributed by atoms with Crippen LogP contribution in [-0.2, 0) is 30.9 Å². The summed E-state index contributed by atoms with van der Waals surface area (Å²) in [4.78, 5) is 64.8. The Morgan fingerprint density at radius 3 is 2.08 bits per heavy atom. The van der Waals surface area contributed by atoms with Crippen LogP contribution >= 0.6 is 0 Å². The smallest absolute Gasteiger partial charge is 0.278 e. The number of nitrogens with one attached hydrogen (secondary N) is 3. The first-order valence-corrected chi connectivity index (χ1v) is 22.1. The lowest BCUT2D eigenvalue weighted by Crippen LogP contribution is -2.34. The molecule has 348 valence electrons. The van der Waals surface area contributed by atoms with Crippen molar-refractivity contribution in [2.45, 2.75) is 73.1 Å². The molecule has 2 aliphatic rings. The number of nitrogens with two attached hydrogens (primary N) is 3. The molecule has 9 N–H and O–H groups in total. The Kier molecular flexibility index (Phi) is 12.8. The second-order valence-electron chi connectivity index (χ2n) is 16.9. The number of likely N-dealkylation sites (tertiary alicyclic amines) is 1. The first-order chi connectivity index (χ1) is 31.7. The molecule has 66 heavy (non-hydrogen) atoms. The summed E-state index contributed by atoms with van der Waals surface area (Å²) in [5, 5.41) is 18.3. The van der Waals surface area contributed by atoms with E-state index in [1.54, 1.807) is 34.4 Å². The van der Waals surface area contributed by atoms with Gasteiger partial charge in [-0.1, -0.05) is 12.2 Å². The fraction of sp³-hybridized carbons (Fsp3) is 0.422. The van der Waals surface area contributed by atoms with Gasteiger partial charge in [0.1, 0.15) is 22.7 Å². The average Bonchev–Trinajstić information content (AvgIpc) is 4.11. The minimum Gasteiger partial charge on any atom is -0.494 e. The highest BCUT2D eigenvalue weighted by atomic mass is 16.5. The molecule has 2 fully saturated rings. The third-order valence-electron chi connectivity index (χ3n) is 12.6. The Bertz CT molecular complexity index is 2880. The molecule has 0 radical (unpaired) electrons. The summed E-state index contributed by atoms with van der Waals surface area (Å²) in [6.07, 6.45) is 7.02. The molecule has 21 heteroatoms. The van der Waals surface area contributed by atoms with Gasteiger partial charge in [-0.05, 0) is 89.2 Å². The third-order valence-corrected chi connectivity index (χ3v) is 12.6. The van der Waals surface area contributed by atoms with Crippen molar-refractivity contribution < 1.29 is 28.7 Å². The number of rotatable bonds is 17. The number of nitrogens with zero attached hydrogens (tertiary/aromatic N) is 9. The number of nitrogen functional groups attached to an aromatic ring is 1. The third kappa shape index (κ3) is 8.90. The number of amides is 4. The number of aryl methyl sites for hydroxylation is 4. The number of hydrogen-bond acceptors (Lipinski definition) is 13. The normalized spacial score (nSPS) is 15.0. The van der Waals surface area contributed by atoms with E-state index >= 15 is 0 Å². The lowest BCUT2D eigenvalue weighted by molar-refractivity contribution is 0.0196. The van der Waals surface area contributed by atoms with Gasteiger partial charge in [0.2, 0.25) is 23.7 Å². The van der Waals surface area contributed by atoms with E-state index in [0.717, 1.165) is 52.1 Å². The van der Waals surface area contributed by atoms with E-state index in [-0.39, 0.29) is 47.5 Å². The summed E-state index contributed by atoms with van der Waals surface area (Å²) < 4.78 is 18.1. The van der Waals surface area contributed by atoms with Crippen molar-refractivity contribution in [3.05, 3.63) is 76.4 Å². The number of fused-ring (bicyclic) bond motifs is 2. The van der Waals surface area contributed by atoms with Crippen LogP contribution in [0.3, 0.4) is 0 Å². The summed E-state index contributed by atoms with van der Waals surface area (Å²) in [6, 6.07) is 8.10. The van der Waals surface area contributed by atoms with E-state index in [9.17, 15) is 19.2 Å². The SMILES string of the molecule is CCn1nc(C)cc1C(=O)Nc1nc2cc(C(N)=O)cc(NCCN3CCC4(CCOCC4)C3)c2n1C/C=C/Cn1c(NC(=O)c2c(N)c(C)nn2CC)nc2cc(C(N)=O)cc(OC)c21. The number of anilines is 4. The highest BCUT2D eigenvalue weighted by Crippen LogP contribution is 2.40. The van der Waals surface area contributed by atoms with E-state index < -0.39 is 23.6 Å². The first-order valence-electron chi connectivity index (χ1n) is 22.1. The van der Waals surface area contributed by atoms with Gasteiger partial charge in [0, 0.05) is 70.2 Å². The molecule has 21 nitrogen and oxygen atoms in total. The van der Waals surface area contributed by atoms with Crippen molar-refractivity contribution >= 4 is 69.0 Å². The maximum atomic E-state index is 13.9. The molecule has 8 rings (SSSR count). The Balaban J connectivity index is 1.14. The molecule has 6 aromatic rings. The summed E-state index contributed by atoms with van der Waals surface area (Å²) in [5.41, 5.74) is 23.1. The molecule has 4 amide bonds. The summed E-state index contributed by atoms with van der Waals surface area (Å²) >= 11 is 0. The molecular formula is C45H57N15O6. The van der Waals surface area contributed by atoms with Crippen LogP contribution in [0.2, 0.25) is 0 Å². The molecule has 4 aromatic heterocycles. The lowest BCUT2D eigenvalue weighted by atomic mass is 9.80. The zero-order valence-corrected chi connectivity index (χ0v) is 37.9. The number of imidazole rings is 2. The second-order valence-corrected chi connectivity index (χ2v) is 16.9. The van der Waals surface area contributed by atoms with Crippen LogP contribution < -0.4 is 37.9 Å². The molecule has 0 atom stereocenters. The van der Waals surface area contributed by atoms with E-state index in [1.165, 1.54) is 23.9 Å². The Labute approximate surface area is 380 Å². The standard InChI is InChI=1S/C45H57N15O6/c1-6-59-33(20-26(3)54-59)41(63)52-43-50-31-22-28(39(47)61)21-30(49-13-17-56-16-10-45(25-56)11-18-66-19-12-45)36(31)57(43)14-8-9-15-58-37-32(23-29(40(48)62)24-34(37)65-5)51-44(58)53-42(64)38-35(46)27(4)55-60(38)7-2/h8-9,20-24,49H,6-7,10-19,25,46H2,1-5H3,(H2,47,61)(H2,48,62)(H,50,52,63)(H,51,53,64)/b9-8+. The van der Waals surface area contributed by atoms with E-state index in [0.29, 0.717) is 75.6 Å². The van der Waals surface area contributed by atoms with Crippen LogP contribution in [0.15, 0.2) is 42.5 Å². The van der Waals surface area contributed by atoms with Crippen LogP contribution in [0.25, 0.3) is 22.1 Å². The maximum absolute atomic E-state index is 13.9. The fourth-order valence-corrected chi connectivity index (χ4v) is 9.12. The fourth-order valence-electron chi connectivity index (χ4n) is 9.12. The first kappa shape index (κ1) is 45.3. The van der Waals surface area contributed by atoms with E-state index in [4.69, 9.17) is 36.6 Å². The molecule has 1 spiro atoms. The summed E-state index contributed by atoms with van der Waals surface area (Å²) in [5.74, 6) is -1.55. The van der Waals surface area contributed by atoms with Gasteiger partial charge >= 0.3 is 0 Å². The number of methoxy groups -OCH3 is 1. The van der Waals surface area contributed by atoms with Gasteiger partial charge in [-0.3, -0.25) is 39.2 Å². The minimum absolute atomic E-state index is 0.149. The van der Waals surface area contributed by atoms with Gasteiger partial charge in [-0.15, -0.1) is 0 Å². The average molecular weight is 904 g/mol. The number of carbonyl (C=O) groups excluding carboxylic acids is 4. The predicted octanol–water partition coefficient (Wildman–Crippen LogP) is 3.90. The summed E-state index contributed by atoms with van der Waals surface area (Å²) in [7, 11) is 1.46. The topological polar surface area (TPSA) is 275 Å². The van der Waals surface area contributed by atoms with Gasteiger partial charge in [-0.25, -0.2) is 9.97 Å².